The molecule has 0 aromatic heterocycles. The zero-order valence-corrected chi connectivity index (χ0v) is 14.4. The summed E-state index contributed by atoms with van der Waals surface area (Å²) >= 11 is 0. The number of halogens is 1. The van der Waals surface area contributed by atoms with Crippen LogP contribution >= 0.6 is 0 Å². The molecule has 0 aliphatic heterocycles. The van der Waals surface area contributed by atoms with Crippen molar-refractivity contribution in [2.45, 2.75) is 20.0 Å². The van der Waals surface area contributed by atoms with E-state index in [1.807, 2.05) is 0 Å². The Morgan fingerprint density at radius 2 is 1.65 bits per heavy atom. The van der Waals surface area contributed by atoms with E-state index in [0.717, 1.165) is 0 Å². The number of hydrogen-bond acceptors (Lipinski definition) is 4. The minimum Gasteiger partial charge on any atom is -0.449 e. The van der Waals surface area contributed by atoms with Crippen LogP contribution in [0.15, 0.2) is 54.6 Å². The number of carbonyl (C=O) groups is 3. The molecule has 6 heteroatoms. The molecule has 2 aromatic carbocycles. The number of rotatable bonds is 6. The molecule has 0 aliphatic rings. The van der Waals surface area contributed by atoms with Crippen LogP contribution in [0.4, 0.5) is 10.1 Å². The average Bonchev–Trinajstić information content (AvgIpc) is 2.61. The Morgan fingerprint density at radius 1 is 1.04 bits per heavy atom. The Labute approximate surface area is 150 Å². The third-order valence-corrected chi connectivity index (χ3v) is 3.50. The summed E-state index contributed by atoms with van der Waals surface area (Å²) in [5, 5.41) is 2.60. The molecule has 0 radical (unpaired) electrons. The van der Waals surface area contributed by atoms with E-state index in [1.165, 1.54) is 50.3 Å². The number of amides is 1. The van der Waals surface area contributed by atoms with Gasteiger partial charge in [-0.1, -0.05) is 12.1 Å². The molecule has 5 nitrogen and oxygen atoms in total. The van der Waals surface area contributed by atoms with Crippen molar-refractivity contribution in [2.75, 3.05) is 5.32 Å². The van der Waals surface area contributed by atoms with E-state index >= 15 is 0 Å². The van der Waals surface area contributed by atoms with Gasteiger partial charge in [0.15, 0.2) is 11.9 Å². The van der Waals surface area contributed by atoms with Crippen molar-refractivity contribution in [3.8, 4) is 0 Å². The van der Waals surface area contributed by atoms with Crippen molar-refractivity contribution in [1.29, 1.82) is 0 Å². The summed E-state index contributed by atoms with van der Waals surface area (Å²) in [6, 6.07) is 12.0. The molecular weight excluding hydrogens is 337 g/mol. The van der Waals surface area contributed by atoms with Gasteiger partial charge < -0.3 is 10.1 Å². The molecule has 1 N–H and O–H groups in total. The van der Waals surface area contributed by atoms with Gasteiger partial charge >= 0.3 is 5.97 Å². The maximum absolute atomic E-state index is 12.8. The maximum atomic E-state index is 12.8. The molecule has 0 aliphatic carbocycles. The highest BCUT2D eigenvalue weighted by Crippen LogP contribution is 2.11. The summed E-state index contributed by atoms with van der Waals surface area (Å²) in [6.45, 7) is 2.90. The van der Waals surface area contributed by atoms with Crippen LogP contribution in [0.2, 0.25) is 0 Å². The Bertz CT molecular complexity index is 826. The number of anilines is 1. The quantitative estimate of drug-likeness (QED) is 0.488. The van der Waals surface area contributed by atoms with Gasteiger partial charge in [0, 0.05) is 17.3 Å². The Hall–Kier alpha value is -3.28. The van der Waals surface area contributed by atoms with Gasteiger partial charge in [0.1, 0.15) is 5.82 Å². The number of Topliss-reactive ketones (excluding diaryl/α,β-unsaturated/α-hetero) is 1. The Kier molecular flexibility index (Phi) is 6.38. The van der Waals surface area contributed by atoms with E-state index in [2.05, 4.69) is 5.32 Å². The minimum absolute atomic E-state index is 0.0712. The fourth-order valence-electron chi connectivity index (χ4n) is 2.04. The number of carbonyl (C=O) groups excluding carboxylic acids is 3. The second kappa shape index (κ2) is 8.71. The highest BCUT2D eigenvalue weighted by molar-refractivity contribution is 5.98. The van der Waals surface area contributed by atoms with Gasteiger partial charge in [-0.25, -0.2) is 9.18 Å². The van der Waals surface area contributed by atoms with Crippen molar-refractivity contribution in [3.63, 3.8) is 0 Å². The van der Waals surface area contributed by atoms with Crippen LogP contribution in [0.3, 0.4) is 0 Å². The van der Waals surface area contributed by atoms with Gasteiger partial charge in [-0.3, -0.25) is 9.59 Å². The fraction of sp³-hybridized carbons (Fsp3) is 0.150. The van der Waals surface area contributed by atoms with Crippen LogP contribution in [0.5, 0.6) is 0 Å². The van der Waals surface area contributed by atoms with E-state index < -0.39 is 18.0 Å². The van der Waals surface area contributed by atoms with Gasteiger partial charge in [-0.15, -0.1) is 0 Å². The molecule has 2 rings (SSSR count). The monoisotopic (exact) mass is 355 g/mol. The average molecular weight is 355 g/mol. The van der Waals surface area contributed by atoms with Gasteiger partial charge in [0.2, 0.25) is 0 Å². The lowest BCUT2D eigenvalue weighted by atomic mass is 10.1. The zero-order chi connectivity index (χ0) is 19.1. The van der Waals surface area contributed by atoms with Crippen molar-refractivity contribution in [2.24, 2.45) is 0 Å². The summed E-state index contributed by atoms with van der Waals surface area (Å²) in [6.07, 6.45) is 1.62. The SMILES string of the molecule is CC(=O)c1ccc(NC(=O)[C@@H](C)OC(=O)/C=C/c2ccc(F)cc2)cc1. The summed E-state index contributed by atoms with van der Waals surface area (Å²) in [4.78, 5) is 35.0. The third kappa shape index (κ3) is 5.66. The first kappa shape index (κ1) is 19.1. The molecule has 0 saturated heterocycles. The number of hydrogen-bond donors (Lipinski definition) is 1. The maximum Gasteiger partial charge on any atom is 0.331 e. The molecule has 0 unspecified atom stereocenters. The van der Waals surface area contributed by atoms with Crippen LogP contribution in [-0.2, 0) is 14.3 Å². The zero-order valence-electron chi connectivity index (χ0n) is 14.4. The second-order valence-electron chi connectivity index (χ2n) is 5.59. The fourth-order valence-corrected chi connectivity index (χ4v) is 2.04. The highest BCUT2D eigenvalue weighted by atomic mass is 19.1. The van der Waals surface area contributed by atoms with Crippen LogP contribution in [0, 0.1) is 5.82 Å². The highest BCUT2D eigenvalue weighted by Gasteiger charge is 2.16. The molecule has 1 amide bonds. The van der Waals surface area contributed by atoms with E-state index in [1.54, 1.807) is 24.3 Å². The predicted molar refractivity (Wildman–Crippen MR) is 96.1 cm³/mol. The van der Waals surface area contributed by atoms with E-state index in [0.29, 0.717) is 16.8 Å². The number of ketones is 1. The molecule has 0 heterocycles. The Morgan fingerprint density at radius 3 is 2.23 bits per heavy atom. The van der Waals surface area contributed by atoms with E-state index in [-0.39, 0.29) is 11.6 Å². The van der Waals surface area contributed by atoms with Crippen LogP contribution < -0.4 is 5.32 Å². The molecule has 2 aromatic rings. The third-order valence-electron chi connectivity index (χ3n) is 3.50. The molecule has 26 heavy (non-hydrogen) atoms. The number of ether oxygens (including phenoxy) is 1. The summed E-state index contributed by atoms with van der Waals surface area (Å²) < 4.78 is 17.8. The van der Waals surface area contributed by atoms with Crippen molar-refractivity contribution >= 4 is 29.4 Å². The smallest absolute Gasteiger partial charge is 0.331 e. The summed E-state index contributed by atoms with van der Waals surface area (Å²) in [5.41, 5.74) is 1.66. The molecular formula is C20H18FNO4. The van der Waals surface area contributed by atoms with E-state index in [4.69, 9.17) is 4.74 Å². The number of nitrogens with one attached hydrogen (secondary N) is 1. The van der Waals surface area contributed by atoms with Gasteiger partial charge in [-0.05, 0) is 61.9 Å². The first-order valence-electron chi connectivity index (χ1n) is 7.91. The first-order valence-corrected chi connectivity index (χ1v) is 7.91. The molecule has 0 saturated carbocycles. The molecule has 0 bridgehead atoms. The van der Waals surface area contributed by atoms with Crippen LogP contribution in [0.1, 0.15) is 29.8 Å². The molecule has 0 fully saturated rings. The van der Waals surface area contributed by atoms with Gasteiger partial charge in [0.05, 0.1) is 0 Å². The standard InChI is InChI=1S/C20H18FNO4/c1-13(23)16-6-10-18(11-7-16)22-20(25)14(2)26-19(24)12-5-15-3-8-17(21)9-4-15/h3-12,14H,1-2H3,(H,22,25)/b12-5+/t14-/m1/s1. The largest absolute Gasteiger partial charge is 0.449 e. The lowest BCUT2D eigenvalue weighted by Crippen LogP contribution is -2.29. The van der Waals surface area contributed by atoms with Gasteiger partial charge in [-0.2, -0.15) is 0 Å². The topological polar surface area (TPSA) is 72.5 Å². The Balaban J connectivity index is 1.88. The summed E-state index contributed by atoms with van der Waals surface area (Å²) in [5.74, 6) is -1.63. The molecule has 134 valence electrons. The minimum atomic E-state index is -1.01. The lowest BCUT2D eigenvalue weighted by molar-refractivity contribution is -0.148. The van der Waals surface area contributed by atoms with Crippen molar-refractivity contribution in [1.82, 2.24) is 0 Å². The van der Waals surface area contributed by atoms with Crippen LogP contribution in [-0.4, -0.2) is 23.8 Å². The predicted octanol–water partition coefficient (Wildman–Crippen LogP) is 3.61. The van der Waals surface area contributed by atoms with Crippen LogP contribution in [0.25, 0.3) is 6.08 Å². The second-order valence-corrected chi connectivity index (χ2v) is 5.59. The van der Waals surface area contributed by atoms with E-state index in [9.17, 15) is 18.8 Å². The van der Waals surface area contributed by atoms with Gasteiger partial charge in [0.25, 0.3) is 5.91 Å². The number of benzene rings is 2. The normalized spacial score (nSPS) is 11.8. The lowest BCUT2D eigenvalue weighted by Gasteiger charge is -2.12. The van der Waals surface area contributed by atoms with Crippen molar-refractivity contribution in [3.05, 3.63) is 71.6 Å². The van der Waals surface area contributed by atoms with Crippen molar-refractivity contribution < 1.29 is 23.5 Å². The molecule has 1 atom stereocenters. The number of esters is 1. The first-order chi connectivity index (χ1) is 12.3. The molecule has 0 spiro atoms. The summed E-state index contributed by atoms with van der Waals surface area (Å²) in [7, 11) is 0.